The summed E-state index contributed by atoms with van der Waals surface area (Å²) in [4.78, 5) is 13.0. The molecule has 0 aliphatic carbocycles. The van der Waals surface area contributed by atoms with Crippen molar-refractivity contribution in [2.75, 3.05) is 38.3 Å². The highest BCUT2D eigenvalue weighted by molar-refractivity contribution is 7.92. The molecule has 0 saturated heterocycles. The highest BCUT2D eigenvalue weighted by atomic mass is 32.2. The van der Waals surface area contributed by atoms with Gasteiger partial charge in [0.2, 0.25) is 0 Å². The van der Waals surface area contributed by atoms with E-state index in [0.717, 1.165) is 15.4 Å². The summed E-state index contributed by atoms with van der Waals surface area (Å²) < 4.78 is 50.2. The number of amides is 1. The first-order chi connectivity index (χ1) is 18.2. The van der Waals surface area contributed by atoms with Gasteiger partial charge in [0.25, 0.3) is 15.9 Å². The molecule has 0 radical (unpaired) electrons. The molecule has 10 nitrogen and oxygen atoms in total. The maximum Gasteiger partial charge on any atom is 0.264 e. The highest BCUT2D eigenvalue weighted by Crippen LogP contribution is 2.35. The third kappa shape index (κ3) is 5.83. The number of hydrazone groups is 1. The van der Waals surface area contributed by atoms with Gasteiger partial charge in [-0.05, 0) is 56.3 Å². The van der Waals surface area contributed by atoms with Crippen molar-refractivity contribution in [3.63, 3.8) is 0 Å². The summed E-state index contributed by atoms with van der Waals surface area (Å²) in [6.45, 7) is 3.96. The topological polar surface area (TPSA) is 116 Å². The lowest BCUT2D eigenvalue weighted by atomic mass is 10.1. The van der Waals surface area contributed by atoms with Crippen LogP contribution in [0.5, 0.6) is 23.0 Å². The number of nitrogens with one attached hydrogen (secondary N) is 1. The Bertz CT molecular complexity index is 1450. The minimum Gasteiger partial charge on any atom is -0.497 e. The third-order valence-electron chi connectivity index (χ3n) is 5.86. The number of nitrogens with zero attached hydrogens (tertiary/aromatic N) is 2. The summed E-state index contributed by atoms with van der Waals surface area (Å²) in [7, 11) is -1.24. The van der Waals surface area contributed by atoms with E-state index in [4.69, 9.17) is 18.9 Å². The largest absolute Gasteiger partial charge is 0.497 e. The van der Waals surface area contributed by atoms with Gasteiger partial charge in [0.1, 0.15) is 31.3 Å². The Kier molecular flexibility index (Phi) is 8.06. The average molecular weight is 540 g/mol. The minimum absolute atomic E-state index is 0.0322. The fraction of sp³-hybridized carbons (Fsp3) is 0.259. The zero-order valence-electron chi connectivity index (χ0n) is 21.6. The number of ether oxygens (including phenoxy) is 4. The molecule has 0 saturated carbocycles. The van der Waals surface area contributed by atoms with Crippen LogP contribution in [0.4, 0.5) is 5.69 Å². The van der Waals surface area contributed by atoms with Crippen molar-refractivity contribution in [2.24, 2.45) is 5.10 Å². The van der Waals surface area contributed by atoms with Crippen LogP contribution in [-0.4, -0.2) is 54.0 Å². The second-order valence-electron chi connectivity index (χ2n) is 8.45. The number of methoxy groups -OCH3 is 2. The lowest BCUT2D eigenvalue weighted by Gasteiger charge is -2.25. The van der Waals surface area contributed by atoms with E-state index in [2.05, 4.69) is 10.5 Å². The van der Waals surface area contributed by atoms with Crippen LogP contribution >= 0.6 is 0 Å². The first-order valence-electron chi connectivity index (χ1n) is 11.8. The number of carbonyl (C=O) groups excluding carboxylic acids is 1. The Morgan fingerprint density at radius 1 is 0.974 bits per heavy atom. The van der Waals surface area contributed by atoms with Crippen LogP contribution in [0.15, 0.2) is 70.7 Å². The van der Waals surface area contributed by atoms with Gasteiger partial charge in [0, 0.05) is 11.6 Å². The van der Waals surface area contributed by atoms with Crippen molar-refractivity contribution in [1.29, 1.82) is 0 Å². The predicted molar refractivity (Wildman–Crippen MR) is 143 cm³/mol. The maximum absolute atomic E-state index is 13.7. The van der Waals surface area contributed by atoms with E-state index in [1.54, 1.807) is 49.4 Å². The summed E-state index contributed by atoms with van der Waals surface area (Å²) in [6.07, 6.45) is 0. The van der Waals surface area contributed by atoms with E-state index in [1.165, 1.54) is 32.4 Å². The van der Waals surface area contributed by atoms with Gasteiger partial charge in [0.15, 0.2) is 11.5 Å². The molecule has 1 aliphatic heterocycles. The summed E-state index contributed by atoms with van der Waals surface area (Å²) in [5, 5.41) is 4.17. The van der Waals surface area contributed by atoms with E-state index in [0.29, 0.717) is 36.2 Å². The number of hydrogen-bond acceptors (Lipinski definition) is 8. The second-order valence-corrected chi connectivity index (χ2v) is 10.3. The zero-order chi connectivity index (χ0) is 27.3. The first kappa shape index (κ1) is 26.8. The molecule has 0 unspecified atom stereocenters. The van der Waals surface area contributed by atoms with Gasteiger partial charge in [-0.25, -0.2) is 13.8 Å². The van der Waals surface area contributed by atoms with Gasteiger partial charge in [-0.3, -0.25) is 9.10 Å². The summed E-state index contributed by atoms with van der Waals surface area (Å²) >= 11 is 0. The number of anilines is 1. The van der Waals surface area contributed by atoms with Crippen molar-refractivity contribution < 1.29 is 32.2 Å². The van der Waals surface area contributed by atoms with Crippen LogP contribution in [0.3, 0.4) is 0 Å². The number of benzene rings is 3. The molecule has 4 rings (SSSR count). The lowest BCUT2D eigenvalue weighted by Crippen LogP contribution is -2.40. The van der Waals surface area contributed by atoms with Crippen LogP contribution in [0, 0.1) is 6.92 Å². The molecule has 38 heavy (non-hydrogen) atoms. The molecule has 0 spiro atoms. The molecule has 1 heterocycles. The fourth-order valence-electron chi connectivity index (χ4n) is 3.77. The highest BCUT2D eigenvalue weighted by Gasteiger charge is 2.30. The van der Waals surface area contributed by atoms with Crippen LogP contribution in [0.25, 0.3) is 0 Å². The van der Waals surface area contributed by atoms with Gasteiger partial charge >= 0.3 is 0 Å². The second kappa shape index (κ2) is 11.4. The molecular formula is C27H29N3O7S. The van der Waals surface area contributed by atoms with E-state index in [9.17, 15) is 13.2 Å². The fourth-order valence-corrected chi connectivity index (χ4v) is 5.20. The smallest absolute Gasteiger partial charge is 0.264 e. The summed E-state index contributed by atoms with van der Waals surface area (Å²) in [6, 6.07) is 16.4. The van der Waals surface area contributed by atoms with Gasteiger partial charge in [-0.15, -0.1) is 0 Å². The van der Waals surface area contributed by atoms with Gasteiger partial charge < -0.3 is 18.9 Å². The van der Waals surface area contributed by atoms with Crippen LogP contribution in [0.2, 0.25) is 0 Å². The Hall–Kier alpha value is -4.25. The van der Waals surface area contributed by atoms with Crippen LogP contribution in [-0.2, 0) is 14.8 Å². The Balaban J connectivity index is 1.62. The molecule has 0 atom stereocenters. The Morgan fingerprint density at radius 3 is 2.37 bits per heavy atom. The number of rotatable bonds is 9. The van der Waals surface area contributed by atoms with E-state index >= 15 is 0 Å². The van der Waals surface area contributed by atoms with Crippen molar-refractivity contribution in [3.05, 3.63) is 71.8 Å². The molecule has 0 bridgehead atoms. The number of aryl methyl sites for hydroxylation is 1. The number of carbonyl (C=O) groups is 1. The van der Waals surface area contributed by atoms with E-state index in [1.807, 2.05) is 6.92 Å². The molecule has 1 aliphatic rings. The quantitative estimate of drug-likeness (QED) is 0.327. The molecule has 3 aromatic carbocycles. The normalized spacial score (nSPS) is 13.0. The number of sulfonamides is 1. The van der Waals surface area contributed by atoms with Crippen molar-refractivity contribution >= 4 is 27.3 Å². The van der Waals surface area contributed by atoms with Crippen LogP contribution in [0.1, 0.15) is 18.1 Å². The zero-order valence-corrected chi connectivity index (χ0v) is 22.4. The van der Waals surface area contributed by atoms with Gasteiger partial charge in [-0.1, -0.05) is 17.7 Å². The average Bonchev–Trinajstić information content (AvgIpc) is 2.94. The van der Waals surface area contributed by atoms with Crippen LogP contribution < -0.4 is 28.7 Å². The van der Waals surface area contributed by atoms with Crippen molar-refractivity contribution in [1.82, 2.24) is 5.43 Å². The van der Waals surface area contributed by atoms with Crippen molar-refractivity contribution in [3.8, 4) is 23.0 Å². The Morgan fingerprint density at radius 2 is 1.68 bits per heavy atom. The molecule has 1 amide bonds. The molecule has 1 N–H and O–H groups in total. The molecule has 0 aromatic heterocycles. The van der Waals surface area contributed by atoms with Crippen molar-refractivity contribution in [2.45, 2.75) is 18.7 Å². The monoisotopic (exact) mass is 539 g/mol. The van der Waals surface area contributed by atoms with Gasteiger partial charge in [0.05, 0.1) is 30.5 Å². The van der Waals surface area contributed by atoms with Gasteiger partial charge in [-0.2, -0.15) is 5.10 Å². The summed E-state index contributed by atoms with van der Waals surface area (Å²) in [5.74, 6) is 1.29. The number of fused-ring (bicyclic) bond motifs is 1. The minimum atomic E-state index is -4.15. The molecule has 0 fully saturated rings. The lowest BCUT2D eigenvalue weighted by molar-refractivity contribution is -0.119. The SMILES string of the molecule is COc1ccc(N(CC(=O)N/N=C(\C)c2ccc3c(c2)OCCO3)S(=O)(=O)c2ccc(C)cc2)c(OC)c1. The predicted octanol–water partition coefficient (Wildman–Crippen LogP) is 3.52. The van der Waals surface area contributed by atoms with E-state index in [-0.39, 0.29) is 16.3 Å². The maximum atomic E-state index is 13.7. The van der Waals surface area contributed by atoms with E-state index < -0.39 is 22.5 Å². The molecule has 200 valence electrons. The standard InChI is InChI=1S/C27H29N3O7S/c1-18-5-9-22(10-6-18)38(32,33)30(23-11-8-21(34-3)16-25(23)35-4)17-27(31)29-28-19(2)20-7-12-24-26(15-20)37-14-13-36-24/h5-12,15-16H,13-14,17H2,1-4H3,(H,29,31)/b28-19+. The molecule has 3 aromatic rings. The molecule has 11 heteroatoms. The first-order valence-corrected chi connectivity index (χ1v) is 13.2. The summed E-state index contributed by atoms with van der Waals surface area (Å²) in [5.41, 5.74) is 4.76. The Labute approximate surface area is 221 Å². The number of hydrogen-bond donors (Lipinski definition) is 1. The molecular weight excluding hydrogens is 510 g/mol. The third-order valence-corrected chi connectivity index (χ3v) is 7.63.